The molecule has 1 aliphatic carbocycles. The molecule has 0 aromatic carbocycles. The molecule has 0 fully saturated rings. The van der Waals surface area contributed by atoms with Gasteiger partial charge in [0.25, 0.3) is 0 Å². The molecule has 0 saturated carbocycles. The van der Waals surface area contributed by atoms with Gasteiger partial charge in [0.15, 0.2) is 0 Å². The van der Waals surface area contributed by atoms with Crippen molar-refractivity contribution in [2.45, 2.75) is 46.3 Å². The molecule has 0 saturated heterocycles. The van der Waals surface area contributed by atoms with Crippen LogP contribution >= 0.6 is 0 Å². The van der Waals surface area contributed by atoms with Crippen molar-refractivity contribution in [1.82, 2.24) is 0 Å². The molecular weight excluding hydrogens is 188 g/mol. The summed E-state index contributed by atoms with van der Waals surface area (Å²) in [5, 5.41) is 0. The average molecular weight is 210 g/mol. The van der Waals surface area contributed by atoms with Crippen LogP contribution in [0.4, 0.5) is 0 Å². The highest BCUT2D eigenvalue weighted by molar-refractivity contribution is 6.70. The number of hydrogen-bond donors (Lipinski definition) is 0. The van der Waals surface area contributed by atoms with Crippen molar-refractivity contribution in [2.75, 3.05) is 0 Å². The summed E-state index contributed by atoms with van der Waals surface area (Å²) in [6, 6.07) is 0. The van der Waals surface area contributed by atoms with E-state index in [9.17, 15) is 0 Å². The van der Waals surface area contributed by atoms with Gasteiger partial charge in [-0.05, 0) is 37.6 Å². The van der Waals surface area contributed by atoms with Crippen molar-refractivity contribution in [3.63, 3.8) is 0 Å². The maximum absolute atomic E-state index is 6.09. The zero-order chi connectivity index (χ0) is 10.8. The van der Waals surface area contributed by atoms with E-state index in [1.165, 1.54) is 17.8 Å². The Bertz CT molecular complexity index is 258. The number of hydrogen-bond acceptors (Lipinski definition) is 1. The first-order chi connectivity index (χ1) is 6.44. The van der Waals surface area contributed by atoms with E-state index in [0.717, 1.165) is 6.42 Å². The van der Waals surface area contributed by atoms with Crippen molar-refractivity contribution in [3.05, 3.63) is 23.5 Å². The fourth-order valence-corrected chi connectivity index (χ4v) is 2.57. The van der Waals surface area contributed by atoms with Gasteiger partial charge in [-0.15, -0.1) is 0 Å². The summed E-state index contributed by atoms with van der Waals surface area (Å²) >= 11 is 0. The Balaban J connectivity index is 2.76. The Labute approximate surface area is 89.0 Å². The third-order valence-electron chi connectivity index (χ3n) is 2.50. The van der Waals surface area contributed by atoms with Crippen LogP contribution < -0.4 is 0 Å². The topological polar surface area (TPSA) is 9.23 Å². The second kappa shape index (κ2) is 4.35. The van der Waals surface area contributed by atoms with E-state index in [4.69, 9.17) is 4.43 Å². The molecule has 0 bridgehead atoms. The quantitative estimate of drug-likeness (QED) is 0.635. The SMILES string of the molecule is CCC(C)C1=C(O[Si](C)(C)C)CC=C1. The molecule has 0 N–H and O–H groups in total. The van der Waals surface area contributed by atoms with Crippen molar-refractivity contribution >= 4 is 8.32 Å². The van der Waals surface area contributed by atoms with Crippen LogP contribution in [0.15, 0.2) is 23.5 Å². The molecule has 0 aliphatic heterocycles. The lowest BCUT2D eigenvalue weighted by Crippen LogP contribution is -2.25. The normalized spacial score (nSPS) is 18.9. The minimum Gasteiger partial charge on any atom is -0.547 e. The van der Waals surface area contributed by atoms with Crippen LogP contribution in [0.1, 0.15) is 26.7 Å². The Hall–Kier alpha value is -0.503. The lowest BCUT2D eigenvalue weighted by Gasteiger charge is -2.23. The van der Waals surface area contributed by atoms with Gasteiger partial charge in [-0.2, -0.15) is 0 Å². The van der Waals surface area contributed by atoms with Gasteiger partial charge in [0, 0.05) is 6.42 Å². The number of rotatable bonds is 4. The predicted octanol–water partition coefficient (Wildman–Crippen LogP) is 4.10. The summed E-state index contributed by atoms with van der Waals surface area (Å²) in [5.41, 5.74) is 1.43. The third-order valence-corrected chi connectivity index (χ3v) is 3.35. The molecule has 1 rings (SSSR count). The Morgan fingerprint density at radius 1 is 1.43 bits per heavy atom. The van der Waals surface area contributed by atoms with E-state index < -0.39 is 8.32 Å². The largest absolute Gasteiger partial charge is 0.547 e. The van der Waals surface area contributed by atoms with Crippen LogP contribution in [0.3, 0.4) is 0 Å². The monoisotopic (exact) mass is 210 g/mol. The summed E-state index contributed by atoms with van der Waals surface area (Å²) in [5.74, 6) is 1.87. The smallest absolute Gasteiger partial charge is 0.241 e. The zero-order valence-electron chi connectivity index (χ0n) is 10.1. The molecule has 1 nitrogen and oxygen atoms in total. The molecule has 80 valence electrons. The van der Waals surface area contributed by atoms with Gasteiger partial charge >= 0.3 is 0 Å². The standard InChI is InChI=1S/C12H22OSi/c1-6-10(2)11-8-7-9-12(11)13-14(3,4)5/h7-8,10H,6,9H2,1-5H3. The summed E-state index contributed by atoms with van der Waals surface area (Å²) in [4.78, 5) is 0. The van der Waals surface area contributed by atoms with Crippen molar-refractivity contribution in [1.29, 1.82) is 0 Å². The minimum atomic E-state index is -1.42. The van der Waals surface area contributed by atoms with Crippen molar-refractivity contribution < 1.29 is 4.43 Å². The van der Waals surface area contributed by atoms with Gasteiger partial charge in [-0.25, -0.2) is 0 Å². The minimum absolute atomic E-state index is 0.639. The highest BCUT2D eigenvalue weighted by Crippen LogP contribution is 2.30. The molecule has 1 unspecified atom stereocenters. The van der Waals surface area contributed by atoms with Crippen LogP contribution in [0, 0.1) is 5.92 Å². The lowest BCUT2D eigenvalue weighted by molar-refractivity contribution is 0.402. The maximum atomic E-state index is 6.09. The van der Waals surface area contributed by atoms with Crippen molar-refractivity contribution in [2.24, 2.45) is 5.92 Å². The molecule has 0 heterocycles. The third kappa shape index (κ3) is 3.02. The maximum Gasteiger partial charge on any atom is 0.241 e. The van der Waals surface area contributed by atoms with Crippen LogP contribution in [0.25, 0.3) is 0 Å². The summed E-state index contributed by atoms with van der Waals surface area (Å²) in [6.45, 7) is 11.2. The van der Waals surface area contributed by atoms with E-state index in [2.05, 4.69) is 45.6 Å². The van der Waals surface area contributed by atoms with E-state index in [1.54, 1.807) is 0 Å². The average Bonchev–Trinajstić information content (AvgIpc) is 2.48. The fraction of sp³-hybridized carbons (Fsp3) is 0.667. The second-order valence-corrected chi connectivity index (χ2v) is 9.44. The highest BCUT2D eigenvalue weighted by Gasteiger charge is 2.22. The molecule has 0 amide bonds. The Morgan fingerprint density at radius 3 is 2.57 bits per heavy atom. The number of allylic oxidation sites excluding steroid dienone is 3. The van der Waals surface area contributed by atoms with Crippen LogP contribution in [0.2, 0.25) is 19.6 Å². The first kappa shape index (κ1) is 11.6. The van der Waals surface area contributed by atoms with Gasteiger partial charge in [-0.1, -0.05) is 26.0 Å². The van der Waals surface area contributed by atoms with E-state index in [-0.39, 0.29) is 0 Å². The first-order valence-corrected chi connectivity index (χ1v) is 8.93. The molecule has 1 atom stereocenters. The van der Waals surface area contributed by atoms with Gasteiger partial charge in [0.1, 0.15) is 0 Å². The van der Waals surface area contributed by atoms with Gasteiger partial charge < -0.3 is 4.43 Å². The molecule has 14 heavy (non-hydrogen) atoms. The first-order valence-electron chi connectivity index (χ1n) is 5.52. The molecule has 0 aromatic rings. The summed E-state index contributed by atoms with van der Waals surface area (Å²) in [6.07, 6.45) is 6.66. The van der Waals surface area contributed by atoms with Crippen LogP contribution in [-0.2, 0) is 4.43 Å². The highest BCUT2D eigenvalue weighted by atomic mass is 28.4. The Kier molecular flexibility index (Phi) is 3.59. The second-order valence-electron chi connectivity index (χ2n) is 5.01. The van der Waals surface area contributed by atoms with E-state index >= 15 is 0 Å². The molecular formula is C12H22OSi. The van der Waals surface area contributed by atoms with Gasteiger partial charge in [0.2, 0.25) is 8.32 Å². The van der Waals surface area contributed by atoms with E-state index in [1.807, 2.05) is 0 Å². The van der Waals surface area contributed by atoms with Gasteiger partial charge in [-0.3, -0.25) is 0 Å². The predicted molar refractivity (Wildman–Crippen MR) is 64.7 cm³/mol. The van der Waals surface area contributed by atoms with Crippen LogP contribution in [0.5, 0.6) is 0 Å². The molecule has 2 heteroatoms. The summed E-state index contributed by atoms with van der Waals surface area (Å²) in [7, 11) is -1.42. The summed E-state index contributed by atoms with van der Waals surface area (Å²) < 4.78 is 6.09. The van der Waals surface area contributed by atoms with E-state index in [0.29, 0.717) is 5.92 Å². The van der Waals surface area contributed by atoms with Crippen LogP contribution in [-0.4, -0.2) is 8.32 Å². The van der Waals surface area contributed by atoms with Gasteiger partial charge in [0.05, 0.1) is 5.76 Å². The Morgan fingerprint density at radius 2 is 2.07 bits per heavy atom. The molecule has 0 radical (unpaired) electrons. The fourth-order valence-electron chi connectivity index (χ4n) is 1.63. The lowest BCUT2D eigenvalue weighted by atomic mass is 9.99. The van der Waals surface area contributed by atoms with Crippen molar-refractivity contribution in [3.8, 4) is 0 Å². The molecule has 0 spiro atoms. The molecule has 0 aromatic heterocycles. The molecule has 1 aliphatic rings. The zero-order valence-corrected chi connectivity index (χ0v) is 11.1.